The van der Waals surface area contributed by atoms with Gasteiger partial charge in [-0.2, -0.15) is 0 Å². The van der Waals surface area contributed by atoms with Crippen LogP contribution in [0, 0.1) is 0 Å². The Morgan fingerprint density at radius 2 is 2.15 bits per heavy atom. The van der Waals surface area contributed by atoms with Crippen molar-refractivity contribution < 1.29 is 10.0 Å². The smallest absolute Gasteiger partial charge is 0.239 e. The average Bonchev–Trinajstić information content (AvgIpc) is 2.50. The summed E-state index contributed by atoms with van der Waals surface area (Å²) in [5.74, 6) is 0.0980. The third-order valence-corrected chi connectivity index (χ3v) is 3.22. The van der Waals surface area contributed by atoms with Crippen LogP contribution >= 0.6 is 0 Å². The van der Waals surface area contributed by atoms with Crippen LogP contribution in [0.3, 0.4) is 0 Å². The molecule has 1 aromatic rings. The fourth-order valence-electron chi connectivity index (χ4n) is 1.81. The van der Waals surface area contributed by atoms with E-state index in [1.807, 2.05) is 32.0 Å². The molecule has 6 heteroatoms. The first-order chi connectivity index (χ1) is 9.51. The molecule has 1 rings (SSSR count). The Morgan fingerprint density at radius 3 is 2.75 bits per heavy atom. The van der Waals surface area contributed by atoms with Crippen LogP contribution < -0.4 is 11.1 Å². The minimum Gasteiger partial charge on any atom is -0.409 e. The second-order valence-corrected chi connectivity index (χ2v) is 4.60. The molecule has 4 N–H and O–H groups in total. The van der Waals surface area contributed by atoms with Gasteiger partial charge in [-0.05, 0) is 19.4 Å². The van der Waals surface area contributed by atoms with Crippen molar-refractivity contribution in [2.45, 2.75) is 26.4 Å². The molecule has 1 atom stereocenters. The Hall–Kier alpha value is -2.08. The number of carbonyl (C=O) groups is 1. The molecule has 6 nitrogen and oxygen atoms in total. The molecule has 1 unspecified atom stereocenters. The molecule has 1 amide bonds. The van der Waals surface area contributed by atoms with E-state index >= 15 is 0 Å². The highest BCUT2D eigenvalue weighted by molar-refractivity contribution is 5.98. The molecule has 0 saturated heterocycles. The largest absolute Gasteiger partial charge is 0.409 e. The fourth-order valence-corrected chi connectivity index (χ4v) is 1.81. The van der Waals surface area contributed by atoms with Crippen LogP contribution in [-0.4, -0.2) is 41.5 Å². The van der Waals surface area contributed by atoms with Gasteiger partial charge in [-0.1, -0.05) is 29.4 Å². The lowest BCUT2D eigenvalue weighted by molar-refractivity contribution is -0.131. The third-order valence-electron chi connectivity index (χ3n) is 3.22. The van der Waals surface area contributed by atoms with Gasteiger partial charge in [0.05, 0.1) is 6.04 Å². The number of benzene rings is 1. The van der Waals surface area contributed by atoms with Crippen molar-refractivity contribution in [2.75, 3.05) is 13.6 Å². The zero-order valence-corrected chi connectivity index (χ0v) is 12.1. The Bertz CT molecular complexity index is 488. The van der Waals surface area contributed by atoms with E-state index in [4.69, 9.17) is 10.9 Å². The van der Waals surface area contributed by atoms with E-state index in [1.54, 1.807) is 18.0 Å². The van der Waals surface area contributed by atoms with Gasteiger partial charge in [0, 0.05) is 25.7 Å². The summed E-state index contributed by atoms with van der Waals surface area (Å²) in [6, 6.07) is 7.05. The molecule has 0 saturated carbocycles. The average molecular weight is 278 g/mol. The number of amidine groups is 1. The number of nitrogens with one attached hydrogen (secondary N) is 1. The van der Waals surface area contributed by atoms with Crippen LogP contribution in [0.1, 0.15) is 25.0 Å². The van der Waals surface area contributed by atoms with Gasteiger partial charge in [0.1, 0.15) is 0 Å². The summed E-state index contributed by atoms with van der Waals surface area (Å²) in [4.78, 5) is 13.6. The second kappa shape index (κ2) is 7.49. The van der Waals surface area contributed by atoms with Gasteiger partial charge in [-0.15, -0.1) is 0 Å². The minimum absolute atomic E-state index is 0.0359. The van der Waals surface area contributed by atoms with E-state index in [-0.39, 0.29) is 17.8 Å². The number of hydrogen-bond acceptors (Lipinski definition) is 4. The van der Waals surface area contributed by atoms with Crippen molar-refractivity contribution in [3.63, 3.8) is 0 Å². The van der Waals surface area contributed by atoms with E-state index in [2.05, 4.69) is 10.5 Å². The normalized spacial score (nSPS) is 13.1. The molecule has 20 heavy (non-hydrogen) atoms. The van der Waals surface area contributed by atoms with Crippen molar-refractivity contribution in [1.29, 1.82) is 0 Å². The van der Waals surface area contributed by atoms with Gasteiger partial charge in [0.25, 0.3) is 0 Å². The van der Waals surface area contributed by atoms with Gasteiger partial charge < -0.3 is 21.2 Å². The highest BCUT2D eigenvalue weighted by Gasteiger charge is 2.16. The lowest BCUT2D eigenvalue weighted by Crippen LogP contribution is -2.42. The quantitative estimate of drug-likeness (QED) is 0.310. The number of rotatable bonds is 6. The number of amides is 1. The van der Waals surface area contributed by atoms with Crippen LogP contribution in [0.25, 0.3) is 0 Å². The second-order valence-electron chi connectivity index (χ2n) is 4.60. The number of oxime groups is 1. The van der Waals surface area contributed by atoms with Crippen LogP contribution in [0.5, 0.6) is 0 Å². The molecule has 1 aromatic carbocycles. The molecule has 0 aliphatic rings. The predicted molar refractivity (Wildman–Crippen MR) is 78.6 cm³/mol. The number of likely N-dealkylation sites (N-methyl/N-ethyl adjacent to an activating group) is 1. The first-order valence-electron chi connectivity index (χ1n) is 6.55. The van der Waals surface area contributed by atoms with E-state index in [0.717, 1.165) is 5.56 Å². The van der Waals surface area contributed by atoms with Crippen molar-refractivity contribution in [2.24, 2.45) is 10.9 Å². The van der Waals surface area contributed by atoms with Gasteiger partial charge in [0.15, 0.2) is 5.84 Å². The van der Waals surface area contributed by atoms with Crippen LogP contribution in [-0.2, 0) is 11.3 Å². The highest BCUT2D eigenvalue weighted by atomic mass is 16.4. The number of hydrogen-bond donors (Lipinski definition) is 3. The van der Waals surface area contributed by atoms with Crippen LogP contribution in [0.15, 0.2) is 29.4 Å². The summed E-state index contributed by atoms with van der Waals surface area (Å²) in [5, 5.41) is 14.9. The zero-order valence-electron chi connectivity index (χ0n) is 12.1. The molecule has 0 bridgehead atoms. The Morgan fingerprint density at radius 1 is 1.50 bits per heavy atom. The Kier molecular flexibility index (Phi) is 5.99. The number of nitrogens with zero attached hydrogens (tertiary/aromatic N) is 2. The van der Waals surface area contributed by atoms with Gasteiger partial charge >= 0.3 is 0 Å². The summed E-state index contributed by atoms with van der Waals surface area (Å²) < 4.78 is 0. The number of carbonyl (C=O) groups excluding carboxylic acids is 1. The fraction of sp³-hybridized carbons (Fsp3) is 0.429. The summed E-state index contributed by atoms with van der Waals surface area (Å²) in [7, 11) is 1.77. The maximum absolute atomic E-state index is 11.9. The molecule has 0 aromatic heterocycles. The maximum Gasteiger partial charge on any atom is 0.239 e. The molecule has 0 fully saturated rings. The molecular weight excluding hydrogens is 256 g/mol. The number of nitrogens with two attached hydrogens (primary N) is 1. The zero-order chi connectivity index (χ0) is 15.1. The topological polar surface area (TPSA) is 91.0 Å². The summed E-state index contributed by atoms with van der Waals surface area (Å²) in [6.45, 7) is 4.89. The lowest BCUT2D eigenvalue weighted by Gasteiger charge is -2.21. The van der Waals surface area contributed by atoms with Gasteiger partial charge in [0.2, 0.25) is 5.91 Å². The van der Waals surface area contributed by atoms with E-state index < -0.39 is 0 Å². The monoisotopic (exact) mass is 278 g/mol. The van der Waals surface area contributed by atoms with Crippen molar-refractivity contribution >= 4 is 11.7 Å². The SMILES string of the molecule is CCN(C)C(=O)C(C)NCc1ccccc1/C(N)=N/O. The van der Waals surface area contributed by atoms with Crippen molar-refractivity contribution in [3.8, 4) is 0 Å². The molecule has 0 radical (unpaired) electrons. The third kappa shape index (κ3) is 3.96. The van der Waals surface area contributed by atoms with Crippen molar-refractivity contribution in [1.82, 2.24) is 10.2 Å². The highest BCUT2D eigenvalue weighted by Crippen LogP contribution is 2.08. The molecule has 0 aliphatic heterocycles. The molecule has 0 spiro atoms. The van der Waals surface area contributed by atoms with E-state index in [1.165, 1.54) is 0 Å². The van der Waals surface area contributed by atoms with E-state index in [0.29, 0.717) is 18.7 Å². The Balaban J connectivity index is 2.73. The minimum atomic E-state index is -0.291. The van der Waals surface area contributed by atoms with Crippen molar-refractivity contribution in [3.05, 3.63) is 35.4 Å². The molecule has 110 valence electrons. The van der Waals surface area contributed by atoms with Crippen LogP contribution in [0.4, 0.5) is 0 Å². The standard InChI is InChI=1S/C14H22N4O2/c1-4-18(3)14(19)10(2)16-9-11-7-5-6-8-12(11)13(15)17-20/h5-8,10,16,20H,4,9H2,1-3H3,(H2,15,17). The first-order valence-corrected chi connectivity index (χ1v) is 6.55. The molecular formula is C14H22N4O2. The van der Waals surface area contributed by atoms with E-state index in [9.17, 15) is 4.79 Å². The summed E-state index contributed by atoms with van der Waals surface area (Å²) >= 11 is 0. The van der Waals surface area contributed by atoms with Gasteiger partial charge in [-0.25, -0.2) is 0 Å². The summed E-state index contributed by atoms with van der Waals surface area (Å²) in [5.41, 5.74) is 7.16. The summed E-state index contributed by atoms with van der Waals surface area (Å²) in [6.07, 6.45) is 0. The molecule has 0 aliphatic carbocycles. The van der Waals surface area contributed by atoms with Gasteiger partial charge in [-0.3, -0.25) is 4.79 Å². The Labute approximate surface area is 119 Å². The molecule has 0 heterocycles. The predicted octanol–water partition coefficient (Wildman–Crippen LogP) is 0.738. The maximum atomic E-state index is 11.9. The first kappa shape index (κ1) is 16.0. The van der Waals surface area contributed by atoms with Crippen LogP contribution in [0.2, 0.25) is 0 Å². The lowest BCUT2D eigenvalue weighted by atomic mass is 10.1.